The van der Waals surface area contributed by atoms with E-state index in [1.807, 2.05) is 0 Å². The second-order valence-corrected chi connectivity index (χ2v) is 6.46. The molecule has 7 nitrogen and oxygen atoms in total. The van der Waals surface area contributed by atoms with Crippen molar-refractivity contribution in [1.29, 1.82) is 0 Å². The maximum absolute atomic E-state index is 12.5. The van der Waals surface area contributed by atoms with Gasteiger partial charge in [0.25, 0.3) is 0 Å². The lowest BCUT2D eigenvalue weighted by Gasteiger charge is -2.08. The average Bonchev–Trinajstić information content (AvgIpc) is 2.47. The predicted octanol–water partition coefficient (Wildman–Crippen LogP) is 2.83. The zero-order chi connectivity index (χ0) is 17.8. The van der Waals surface area contributed by atoms with Gasteiger partial charge >= 0.3 is 20.8 Å². The van der Waals surface area contributed by atoms with Crippen LogP contribution in [0.3, 0.4) is 0 Å². The molecule has 0 radical (unpaired) electrons. The molecular weight excluding hydrogens is 361 g/mol. The van der Waals surface area contributed by atoms with Crippen LogP contribution in [0.1, 0.15) is 5.56 Å². The Balaban J connectivity index is 2.14. The number of hydrogen-bond donors (Lipinski definition) is 1. The fraction of sp³-hybridized carbons (Fsp3) is 0. The van der Waals surface area contributed by atoms with E-state index in [0.717, 1.165) is 24.3 Å². The quantitative estimate of drug-likeness (QED) is 0.640. The van der Waals surface area contributed by atoms with E-state index >= 15 is 0 Å². The van der Waals surface area contributed by atoms with Crippen LogP contribution in [0.25, 0.3) is 0 Å². The molecule has 0 aliphatic rings. The number of hydrogen-bond acceptors (Lipinski definition) is 6. The van der Waals surface area contributed by atoms with E-state index in [9.17, 15) is 16.5 Å². The molecule has 0 saturated heterocycles. The molecule has 0 saturated carbocycles. The van der Waals surface area contributed by atoms with Crippen LogP contribution in [0, 0.1) is 12.3 Å². The van der Waals surface area contributed by atoms with Crippen LogP contribution in [0.4, 0.5) is 9.57 Å². The third-order valence-electron chi connectivity index (χ3n) is 2.45. The van der Waals surface area contributed by atoms with Gasteiger partial charge in [-0.25, -0.2) is 0 Å². The van der Waals surface area contributed by atoms with Gasteiger partial charge in [0.1, 0.15) is 11.5 Å². The summed E-state index contributed by atoms with van der Waals surface area (Å²) in [6.45, 7) is 0. The zero-order valence-corrected chi connectivity index (χ0v) is 13.5. The minimum Gasteiger partial charge on any atom is -0.353 e. The normalized spacial score (nSPS) is 13.4. The first-order valence-corrected chi connectivity index (χ1v) is 8.87. The fourth-order valence-electron chi connectivity index (χ4n) is 1.58. The lowest BCUT2D eigenvalue weighted by atomic mass is 10.2. The molecule has 2 aromatic carbocycles. The summed E-state index contributed by atoms with van der Waals surface area (Å²) in [5.74, 6) is 2.13. The van der Waals surface area contributed by atoms with Gasteiger partial charge in [0, 0.05) is 5.56 Å². The molecule has 0 amide bonds. The van der Waals surface area contributed by atoms with Crippen LogP contribution in [-0.2, 0) is 20.8 Å². The second-order valence-electron chi connectivity index (χ2n) is 4.26. The molecule has 1 atom stereocenters. The first-order chi connectivity index (χ1) is 11.2. The largest absolute Gasteiger partial charge is 0.500 e. The minimum atomic E-state index is -4.80. The first kappa shape index (κ1) is 17.7. The van der Waals surface area contributed by atoms with E-state index < -0.39 is 20.8 Å². The Morgan fingerprint density at radius 3 is 2.25 bits per heavy atom. The number of rotatable bonds is 5. The number of benzene rings is 2. The molecule has 126 valence electrons. The Labute approximate surface area is 138 Å². The van der Waals surface area contributed by atoms with E-state index in [4.69, 9.17) is 19.3 Å². The van der Waals surface area contributed by atoms with Crippen LogP contribution in [0.15, 0.2) is 52.9 Å². The standard InChI is InChI=1S/C14H10FNO6S2/c1-2-11-4-3-5-14(10-11)22-24(19,20)21-13-8-6-12(7-9-13)16-23(15,17)18/h1,3-10H,(H,16,17,18). The minimum absolute atomic E-state index is 0.0329. The van der Waals surface area contributed by atoms with Crippen molar-refractivity contribution >= 4 is 26.5 Å². The Morgan fingerprint density at radius 1 is 1.04 bits per heavy atom. The molecule has 2 rings (SSSR count). The van der Waals surface area contributed by atoms with Gasteiger partial charge in [-0.05, 0) is 42.5 Å². The first-order valence-electron chi connectivity index (χ1n) is 6.17. The molecule has 1 N–H and O–H groups in total. The number of terminal acetylenes is 1. The molecule has 2 aromatic rings. The van der Waals surface area contributed by atoms with Crippen LogP contribution in [0.2, 0.25) is 0 Å². The molecule has 0 fully saturated rings. The van der Waals surface area contributed by atoms with Gasteiger partial charge in [0.2, 0.25) is 0 Å². The predicted molar refractivity (Wildman–Crippen MR) is 85.0 cm³/mol. The Kier molecular flexibility index (Phi) is 5.08. The van der Waals surface area contributed by atoms with Crippen LogP contribution in [-0.4, -0.2) is 17.2 Å². The van der Waals surface area contributed by atoms with Crippen molar-refractivity contribution in [2.45, 2.75) is 0 Å². The van der Waals surface area contributed by atoms with Crippen LogP contribution < -0.4 is 8.37 Å². The monoisotopic (exact) mass is 371 g/mol. The molecular formula is C14H10FNO6S2. The van der Waals surface area contributed by atoms with Crippen molar-refractivity contribution in [2.24, 2.45) is 4.36 Å². The smallest absolute Gasteiger partial charge is 0.353 e. The molecule has 1 unspecified atom stereocenters. The molecule has 0 aliphatic carbocycles. The third-order valence-corrected chi connectivity index (χ3v) is 3.68. The molecule has 0 aliphatic heterocycles. The van der Waals surface area contributed by atoms with Crippen molar-refractivity contribution in [3.05, 3.63) is 54.1 Å². The lowest BCUT2D eigenvalue weighted by Crippen LogP contribution is -2.16. The average molecular weight is 371 g/mol. The van der Waals surface area contributed by atoms with E-state index in [0.29, 0.717) is 5.56 Å². The van der Waals surface area contributed by atoms with E-state index in [1.54, 1.807) is 6.07 Å². The van der Waals surface area contributed by atoms with Crippen molar-refractivity contribution in [3.8, 4) is 23.8 Å². The van der Waals surface area contributed by atoms with Gasteiger partial charge in [0.15, 0.2) is 0 Å². The van der Waals surface area contributed by atoms with Crippen molar-refractivity contribution in [3.63, 3.8) is 0 Å². The molecule has 10 heteroatoms. The summed E-state index contributed by atoms with van der Waals surface area (Å²) in [4.78, 5) is 0. The topological polar surface area (TPSA) is 102 Å². The highest BCUT2D eigenvalue weighted by Gasteiger charge is 2.16. The summed E-state index contributed by atoms with van der Waals surface area (Å²) in [5.41, 5.74) is 0.255. The Morgan fingerprint density at radius 2 is 1.67 bits per heavy atom. The zero-order valence-electron chi connectivity index (χ0n) is 11.8. The Bertz CT molecular complexity index is 994. The summed E-state index contributed by atoms with van der Waals surface area (Å²) < 4.78 is 67.4. The lowest BCUT2D eigenvalue weighted by molar-refractivity contribution is 0.392. The van der Waals surface area contributed by atoms with Crippen molar-refractivity contribution < 1.29 is 29.4 Å². The summed E-state index contributed by atoms with van der Waals surface area (Å²) in [6.07, 6.45) is 5.20. The van der Waals surface area contributed by atoms with Crippen molar-refractivity contribution in [1.82, 2.24) is 0 Å². The Hall–Kier alpha value is -2.61. The highest BCUT2D eigenvalue weighted by atomic mass is 32.3. The second kappa shape index (κ2) is 6.88. The van der Waals surface area contributed by atoms with Crippen molar-refractivity contribution in [2.75, 3.05) is 0 Å². The van der Waals surface area contributed by atoms with E-state index in [-0.39, 0.29) is 17.2 Å². The summed E-state index contributed by atoms with van der Waals surface area (Å²) in [5, 5.41) is 0. The van der Waals surface area contributed by atoms with E-state index in [2.05, 4.69) is 10.3 Å². The molecule has 0 aromatic heterocycles. The highest BCUT2D eigenvalue weighted by molar-refractivity contribution is 7.83. The van der Waals surface area contributed by atoms with Crippen LogP contribution in [0.5, 0.6) is 11.5 Å². The summed E-state index contributed by atoms with van der Waals surface area (Å²) >= 11 is 0. The molecule has 0 heterocycles. The van der Waals surface area contributed by atoms with Gasteiger partial charge in [-0.2, -0.15) is 4.21 Å². The summed E-state index contributed by atoms with van der Waals surface area (Å²) in [7, 11) is -9.24. The fourth-order valence-corrected chi connectivity index (χ4v) is 2.68. The van der Waals surface area contributed by atoms with Gasteiger partial charge in [-0.1, -0.05) is 15.9 Å². The van der Waals surface area contributed by atoms with Gasteiger partial charge < -0.3 is 8.37 Å². The van der Waals surface area contributed by atoms with Gasteiger partial charge in [-0.15, -0.1) is 19.2 Å². The van der Waals surface area contributed by atoms with E-state index in [1.165, 1.54) is 18.2 Å². The summed E-state index contributed by atoms with van der Waals surface area (Å²) in [6, 6.07) is 10.2. The number of nitrogens with zero attached hydrogens (tertiary/aromatic N) is 1. The maximum Gasteiger partial charge on any atom is 0.500 e. The molecule has 24 heavy (non-hydrogen) atoms. The maximum atomic E-state index is 12.5. The van der Waals surface area contributed by atoms with Gasteiger partial charge in [0.05, 0.1) is 5.69 Å². The molecule has 0 bridgehead atoms. The highest BCUT2D eigenvalue weighted by Crippen LogP contribution is 2.22. The third kappa shape index (κ3) is 5.54. The SMILES string of the molecule is C#Cc1cccc(OS(=O)(=O)Oc2ccc(N=S(=O)(O)F)cc2)c1. The number of halogens is 1. The van der Waals surface area contributed by atoms with Gasteiger partial charge in [-0.3, -0.25) is 4.55 Å². The molecule has 0 spiro atoms. The van der Waals surface area contributed by atoms with Crippen LogP contribution >= 0.6 is 0 Å².